The van der Waals surface area contributed by atoms with Gasteiger partial charge in [-0.15, -0.1) is 0 Å². The fourth-order valence-electron chi connectivity index (χ4n) is 4.85. The van der Waals surface area contributed by atoms with E-state index < -0.39 is 0 Å². The number of allylic oxidation sites excluding steroid dienone is 5. The molecule has 0 N–H and O–H groups in total. The van der Waals surface area contributed by atoms with E-state index in [4.69, 9.17) is 0 Å². The largest absolute Gasteiger partial charge is 0.0991 e. The van der Waals surface area contributed by atoms with Crippen LogP contribution in [0.4, 0.5) is 0 Å². The van der Waals surface area contributed by atoms with E-state index in [1.165, 1.54) is 60.5 Å². The summed E-state index contributed by atoms with van der Waals surface area (Å²) >= 11 is 0. The molecule has 0 fully saturated rings. The Morgan fingerprint density at radius 2 is 1.43 bits per heavy atom. The second-order valence-electron chi connectivity index (χ2n) is 8.97. The maximum absolute atomic E-state index is 3.74. The highest BCUT2D eigenvalue weighted by atomic mass is 14.2. The van der Waals surface area contributed by atoms with Crippen LogP contribution in [0.15, 0.2) is 128 Å². The van der Waals surface area contributed by atoms with E-state index >= 15 is 0 Å². The Morgan fingerprint density at radius 3 is 2.23 bits per heavy atom. The number of benzene rings is 5. The molecule has 35 heavy (non-hydrogen) atoms. The molecule has 0 amide bonds. The molecule has 0 saturated heterocycles. The quantitative estimate of drug-likeness (QED) is 0.226. The van der Waals surface area contributed by atoms with Gasteiger partial charge in [-0.1, -0.05) is 135 Å². The summed E-state index contributed by atoms with van der Waals surface area (Å²) < 4.78 is 0. The maximum atomic E-state index is 3.74. The van der Waals surface area contributed by atoms with E-state index in [2.05, 4.69) is 124 Å². The zero-order valence-corrected chi connectivity index (χ0v) is 20.5. The molecule has 0 aliphatic heterocycles. The summed E-state index contributed by atoms with van der Waals surface area (Å²) in [6.45, 7) is 8.10. The van der Waals surface area contributed by atoms with Crippen LogP contribution in [0.1, 0.15) is 25.0 Å². The molecule has 0 aliphatic carbocycles. The molecule has 5 aromatic carbocycles. The first-order chi connectivity index (χ1) is 17.2. The van der Waals surface area contributed by atoms with Gasteiger partial charge >= 0.3 is 0 Å². The summed E-state index contributed by atoms with van der Waals surface area (Å²) in [7, 11) is 0. The Labute approximate surface area is 208 Å². The summed E-state index contributed by atoms with van der Waals surface area (Å²) in [5.41, 5.74) is 8.91. The molecule has 5 aromatic rings. The number of rotatable bonds is 6. The molecule has 0 radical (unpaired) electrons. The van der Waals surface area contributed by atoms with Gasteiger partial charge in [-0.2, -0.15) is 0 Å². The van der Waals surface area contributed by atoms with E-state index in [9.17, 15) is 0 Å². The van der Waals surface area contributed by atoms with Crippen molar-refractivity contribution in [2.45, 2.75) is 20.3 Å². The Balaban J connectivity index is 1.66. The molecule has 5 rings (SSSR count). The smallest absolute Gasteiger partial charge is 0.00962 e. The molecule has 0 spiro atoms. The predicted molar refractivity (Wildman–Crippen MR) is 155 cm³/mol. The predicted octanol–water partition coefficient (Wildman–Crippen LogP) is 10.0. The Bertz CT molecular complexity index is 1570. The third-order valence-corrected chi connectivity index (χ3v) is 6.81. The molecule has 170 valence electrons. The van der Waals surface area contributed by atoms with Gasteiger partial charge < -0.3 is 0 Å². The average Bonchev–Trinajstić information content (AvgIpc) is 2.92. The highest BCUT2D eigenvalue weighted by molar-refractivity contribution is 6.09. The van der Waals surface area contributed by atoms with Crippen molar-refractivity contribution in [3.63, 3.8) is 0 Å². The van der Waals surface area contributed by atoms with Gasteiger partial charge in [0, 0.05) is 0 Å². The third-order valence-electron chi connectivity index (χ3n) is 6.81. The highest BCUT2D eigenvalue weighted by Gasteiger charge is 2.12. The van der Waals surface area contributed by atoms with Crippen molar-refractivity contribution in [2.24, 2.45) is 0 Å². The molecule has 0 atom stereocenters. The molecule has 0 heteroatoms. The Hall–Kier alpha value is -4.16. The van der Waals surface area contributed by atoms with Crippen LogP contribution in [0.3, 0.4) is 0 Å². The molecule has 0 saturated carbocycles. The molecular formula is C35H30. The summed E-state index contributed by atoms with van der Waals surface area (Å²) in [5.74, 6) is 0. The van der Waals surface area contributed by atoms with Gasteiger partial charge in [-0.25, -0.2) is 0 Å². The first-order valence-electron chi connectivity index (χ1n) is 12.3. The molecule has 0 unspecified atom stereocenters. The van der Waals surface area contributed by atoms with E-state index in [0.717, 1.165) is 6.42 Å². The van der Waals surface area contributed by atoms with Gasteiger partial charge in [0.1, 0.15) is 0 Å². The van der Waals surface area contributed by atoms with Crippen LogP contribution in [-0.4, -0.2) is 0 Å². The summed E-state index contributed by atoms with van der Waals surface area (Å²) in [5, 5.41) is 5.17. The van der Waals surface area contributed by atoms with Gasteiger partial charge in [0.15, 0.2) is 0 Å². The van der Waals surface area contributed by atoms with E-state index in [1.807, 2.05) is 12.2 Å². The van der Waals surface area contributed by atoms with Crippen molar-refractivity contribution in [1.82, 2.24) is 0 Å². The minimum absolute atomic E-state index is 1.02. The maximum Gasteiger partial charge on any atom is -0.00962 e. The SMILES string of the molecule is C=C/C=C\C=C(/C)c1ccc(-c2ccc(-c3cccc4ccccc34)c3cc(CC)ccc23)cc1. The van der Waals surface area contributed by atoms with Gasteiger partial charge in [0.05, 0.1) is 0 Å². The lowest BCUT2D eigenvalue weighted by Gasteiger charge is -2.15. The van der Waals surface area contributed by atoms with Crippen LogP contribution in [0.2, 0.25) is 0 Å². The second kappa shape index (κ2) is 9.99. The Morgan fingerprint density at radius 1 is 0.686 bits per heavy atom. The van der Waals surface area contributed by atoms with Crippen LogP contribution in [0.25, 0.3) is 49.4 Å². The van der Waals surface area contributed by atoms with Crippen molar-refractivity contribution in [2.75, 3.05) is 0 Å². The van der Waals surface area contributed by atoms with E-state index in [0.29, 0.717) is 0 Å². The van der Waals surface area contributed by atoms with Crippen molar-refractivity contribution in [3.8, 4) is 22.3 Å². The zero-order chi connectivity index (χ0) is 24.2. The zero-order valence-electron chi connectivity index (χ0n) is 20.5. The first-order valence-corrected chi connectivity index (χ1v) is 12.3. The lowest BCUT2D eigenvalue weighted by Crippen LogP contribution is -1.90. The normalized spacial score (nSPS) is 12.0. The Kier molecular flexibility index (Phi) is 6.46. The highest BCUT2D eigenvalue weighted by Crippen LogP contribution is 2.39. The number of hydrogen-bond donors (Lipinski definition) is 0. The van der Waals surface area contributed by atoms with Gasteiger partial charge in [-0.05, 0) is 73.8 Å². The summed E-state index contributed by atoms with van der Waals surface area (Å²) in [6, 6.07) is 35.7. The standard InChI is InChI=1S/C35H30/c1-4-6-7-11-25(3)27-17-19-29(20-18-27)31-22-23-34(35-24-26(5-2)16-21-33(31)35)32-15-10-13-28-12-8-9-14-30(28)32/h4,6-24H,1,5H2,2-3H3/b7-6-,25-11+. The van der Waals surface area contributed by atoms with Crippen LogP contribution < -0.4 is 0 Å². The second-order valence-corrected chi connectivity index (χ2v) is 8.97. The third kappa shape index (κ3) is 4.48. The van der Waals surface area contributed by atoms with Crippen LogP contribution in [0.5, 0.6) is 0 Å². The minimum atomic E-state index is 1.02. The number of hydrogen-bond acceptors (Lipinski definition) is 0. The van der Waals surface area contributed by atoms with Crippen molar-refractivity contribution < 1.29 is 0 Å². The molecule has 0 bridgehead atoms. The molecule has 0 heterocycles. The summed E-state index contributed by atoms with van der Waals surface area (Å²) in [4.78, 5) is 0. The lowest BCUT2D eigenvalue weighted by molar-refractivity contribution is 1.15. The van der Waals surface area contributed by atoms with E-state index in [1.54, 1.807) is 6.08 Å². The fourth-order valence-corrected chi connectivity index (χ4v) is 4.85. The summed E-state index contributed by atoms with van der Waals surface area (Å²) in [6.07, 6.45) is 8.92. The topological polar surface area (TPSA) is 0 Å². The minimum Gasteiger partial charge on any atom is -0.0991 e. The van der Waals surface area contributed by atoms with Crippen molar-refractivity contribution in [3.05, 3.63) is 139 Å². The van der Waals surface area contributed by atoms with E-state index in [-0.39, 0.29) is 0 Å². The lowest BCUT2D eigenvalue weighted by atomic mass is 9.88. The van der Waals surface area contributed by atoms with Gasteiger partial charge in [-0.3, -0.25) is 0 Å². The van der Waals surface area contributed by atoms with Gasteiger partial charge in [0.25, 0.3) is 0 Å². The molecule has 0 aromatic heterocycles. The average molecular weight is 451 g/mol. The molecular weight excluding hydrogens is 420 g/mol. The number of fused-ring (bicyclic) bond motifs is 2. The van der Waals surface area contributed by atoms with Crippen LogP contribution >= 0.6 is 0 Å². The van der Waals surface area contributed by atoms with Crippen LogP contribution in [0, 0.1) is 0 Å². The first kappa shape index (κ1) is 22.6. The fraction of sp³-hybridized carbons (Fsp3) is 0.0857. The molecule has 0 nitrogen and oxygen atoms in total. The van der Waals surface area contributed by atoms with Crippen LogP contribution in [-0.2, 0) is 6.42 Å². The number of aryl methyl sites for hydroxylation is 1. The van der Waals surface area contributed by atoms with Crippen molar-refractivity contribution in [1.29, 1.82) is 0 Å². The molecule has 0 aliphatic rings. The van der Waals surface area contributed by atoms with Gasteiger partial charge in [0.2, 0.25) is 0 Å². The van der Waals surface area contributed by atoms with Crippen molar-refractivity contribution >= 4 is 27.1 Å². The monoisotopic (exact) mass is 450 g/mol.